The van der Waals surface area contributed by atoms with Gasteiger partial charge in [0.1, 0.15) is 11.5 Å². The van der Waals surface area contributed by atoms with E-state index in [2.05, 4.69) is 14.9 Å². The molecule has 2 aromatic heterocycles. The molecule has 0 radical (unpaired) electrons. The summed E-state index contributed by atoms with van der Waals surface area (Å²) in [6.07, 6.45) is 8.62. The number of piperidine rings is 1. The molecule has 1 aromatic carbocycles. The van der Waals surface area contributed by atoms with Crippen molar-refractivity contribution in [1.29, 1.82) is 0 Å². The molecular formula is C24H27N3O3S. The lowest BCUT2D eigenvalue weighted by Gasteiger charge is -2.38. The second kappa shape index (κ2) is 8.83. The lowest BCUT2D eigenvalue weighted by molar-refractivity contribution is -0.134. The quantitative estimate of drug-likeness (QED) is 0.461. The molecule has 0 N–H and O–H groups in total. The summed E-state index contributed by atoms with van der Waals surface area (Å²) < 4.78 is 12.8. The van der Waals surface area contributed by atoms with Crippen LogP contribution in [0.1, 0.15) is 45.4 Å². The second-order valence-electron chi connectivity index (χ2n) is 8.52. The first kappa shape index (κ1) is 20.2. The summed E-state index contributed by atoms with van der Waals surface area (Å²) in [4.78, 5) is 22.6. The van der Waals surface area contributed by atoms with Gasteiger partial charge in [-0.05, 0) is 80.8 Å². The second-order valence-corrected chi connectivity index (χ2v) is 9.51. The maximum Gasteiger partial charge on any atom is 0.281 e. The fraction of sp³-hybridized carbons (Fsp3) is 0.458. The van der Waals surface area contributed by atoms with Gasteiger partial charge in [-0.25, -0.2) is 4.98 Å². The van der Waals surface area contributed by atoms with Gasteiger partial charge in [0.05, 0.1) is 11.3 Å². The highest BCUT2D eigenvalue weighted by molar-refractivity contribution is 7.20. The molecule has 3 atom stereocenters. The van der Waals surface area contributed by atoms with Crippen molar-refractivity contribution in [2.75, 3.05) is 6.61 Å². The fourth-order valence-electron chi connectivity index (χ4n) is 5.10. The summed E-state index contributed by atoms with van der Waals surface area (Å²) in [5.41, 5.74) is 0.711. The number of rotatable bonds is 7. The summed E-state index contributed by atoms with van der Waals surface area (Å²) in [7, 11) is 0. The molecule has 2 aliphatic heterocycles. The number of hydrogen-bond acceptors (Lipinski definition) is 6. The SMILES string of the molecule is CC(=O)N1[C@@H]2CC[C@H]1CC(CCCOc1ccc(Oc3nc4ncccc4s3)cc1)C2. The first-order chi connectivity index (χ1) is 15.2. The largest absolute Gasteiger partial charge is 0.494 e. The average Bonchev–Trinajstić information content (AvgIpc) is 3.30. The molecule has 4 heterocycles. The van der Waals surface area contributed by atoms with Crippen molar-refractivity contribution in [3.63, 3.8) is 0 Å². The molecule has 2 fully saturated rings. The predicted molar refractivity (Wildman–Crippen MR) is 121 cm³/mol. The maximum absolute atomic E-state index is 11.8. The number of ether oxygens (including phenoxy) is 2. The van der Waals surface area contributed by atoms with Crippen molar-refractivity contribution < 1.29 is 14.3 Å². The Morgan fingerprint density at radius 2 is 1.87 bits per heavy atom. The number of pyridine rings is 1. The average molecular weight is 438 g/mol. The Hall–Kier alpha value is -2.67. The highest BCUT2D eigenvalue weighted by atomic mass is 32.1. The minimum atomic E-state index is 0.251. The van der Waals surface area contributed by atoms with Gasteiger partial charge in [0.15, 0.2) is 5.65 Å². The van der Waals surface area contributed by atoms with Crippen LogP contribution in [0, 0.1) is 5.92 Å². The zero-order valence-electron chi connectivity index (χ0n) is 17.7. The van der Waals surface area contributed by atoms with E-state index in [-0.39, 0.29) is 5.91 Å². The number of carbonyl (C=O) groups is 1. The number of fused-ring (bicyclic) bond motifs is 3. The van der Waals surface area contributed by atoms with Crippen molar-refractivity contribution >= 4 is 27.6 Å². The molecule has 1 amide bonds. The van der Waals surface area contributed by atoms with Crippen LogP contribution in [0.4, 0.5) is 0 Å². The molecule has 2 saturated heterocycles. The van der Waals surface area contributed by atoms with Crippen LogP contribution in [0.15, 0.2) is 42.6 Å². The van der Waals surface area contributed by atoms with Gasteiger partial charge < -0.3 is 14.4 Å². The molecule has 5 rings (SSSR count). The van der Waals surface area contributed by atoms with Crippen molar-refractivity contribution in [1.82, 2.24) is 14.9 Å². The van der Waals surface area contributed by atoms with E-state index < -0.39 is 0 Å². The van der Waals surface area contributed by atoms with E-state index in [1.165, 1.54) is 30.6 Å². The lowest BCUT2D eigenvalue weighted by atomic mass is 9.87. The van der Waals surface area contributed by atoms with Gasteiger partial charge in [0, 0.05) is 25.2 Å². The Labute approximate surface area is 186 Å². The third-order valence-corrected chi connectivity index (χ3v) is 7.28. The van der Waals surface area contributed by atoms with Crippen LogP contribution in [0.2, 0.25) is 0 Å². The smallest absolute Gasteiger partial charge is 0.281 e. The monoisotopic (exact) mass is 437 g/mol. The molecule has 3 aromatic rings. The molecule has 2 aliphatic rings. The zero-order chi connectivity index (χ0) is 21.2. The molecule has 0 aliphatic carbocycles. The van der Waals surface area contributed by atoms with Crippen LogP contribution >= 0.6 is 11.3 Å². The van der Waals surface area contributed by atoms with E-state index in [0.29, 0.717) is 29.5 Å². The Morgan fingerprint density at radius 3 is 2.58 bits per heavy atom. The zero-order valence-corrected chi connectivity index (χ0v) is 18.5. The van der Waals surface area contributed by atoms with Crippen molar-refractivity contribution in [2.24, 2.45) is 5.92 Å². The minimum absolute atomic E-state index is 0.251. The number of thiazole rings is 1. The molecule has 2 bridgehead atoms. The standard InChI is InChI=1S/C24H27N3O3S/c1-16(28)27-18-6-7-19(27)15-17(14-18)4-3-13-29-20-8-10-21(11-9-20)30-24-26-23-22(31-24)5-2-12-25-23/h2,5,8-12,17-19H,3-4,6-7,13-15H2,1H3/t17?,18-,19+. The molecule has 1 unspecified atom stereocenters. The van der Waals surface area contributed by atoms with Crippen molar-refractivity contribution in [3.8, 4) is 16.7 Å². The molecule has 31 heavy (non-hydrogen) atoms. The van der Waals surface area contributed by atoms with Crippen LogP contribution in [-0.4, -0.2) is 39.5 Å². The Balaban J connectivity index is 1.07. The summed E-state index contributed by atoms with van der Waals surface area (Å²) >= 11 is 1.48. The summed E-state index contributed by atoms with van der Waals surface area (Å²) in [6, 6.07) is 12.5. The third-order valence-electron chi connectivity index (χ3n) is 6.39. The first-order valence-corrected chi connectivity index (χ1v) is 11.9. The van der Waals surface area contributed by atoms with Gasteiger partial charge in [-0.1, -0.05) is 11.3 Å². The number of benzene rings is 1. The normalized spacial score (nSPS) is 22.6. The summed E-state index contributed by atoms with van der Waals surface area (Å²) in [5, 5.41) is 0.590. The van der Waals surface area contributed by atoms with Gasteiger partial charge in [0.2, 0.25) is 5.91 Å². The highest BCUT2D eigenvalue weighted by Gasteiger charge is 2.41. The summed E-state index contributed by atoms with van der Waals surface area (Å²) in [5.74, 6) is 2.56. The Morgan fingerprint density at radius 1 is 1.13 bits per heavy atom. The third kappa shape index (κ3) is 4.51. The van der Waals surface area contributed by atoms with Crippen LogP contribution < -0.4 is 9.47 Å². The molecule has 6 nitrogen and oxygen atoms in total. The van der Waals surface area contributed by atoms with Gasteiger partial charge >= 0.3 is 0 Å². The number of carbonyl (C=O) groups excluding carboxylic acids is 1. The molecule has 7 heteroatoms. The van der Waals surface area contributed by atoms with Gasteiger partial charge in [-0.2, -0.15) is 4.98 Å². The molecular weight excluding hydrogens is 410 g/mol. The van der Waals surface area contributed by atoms with Gasteiger partial charge in [0.25, 0.3) is 5.19 Å². The lowest BCUT2D eigenvalue weighted by Crippen LogP contribution is -2.45. The van der Waals surface area contributed by atoms with E-state index in [0.717, 1.165) is 41.4 Å². The molecule has 0 spiro atoms. The van der Waals surface area contributed by atoms with Crippen LogP contribution in [0.3, 0.4) is 0 Å². The Kier molecular flexibility index (Phi) is 5.76. The van der Waals surface area contributed by atoms with Gasteiger partial charge in [-0.3, -0.25) is 4.79 Å². The van der Waals surface area contributed by atoms with Crippen LogP contribution in [-0.2, 0) is 4.79 Å². The molecule has 162 valence electrons. The highest BCUT2D eigenvalue weighted by Crippen LogP contribution is 2.40. The predicted octanol–water partition coefficient (Wildman–Crippen LogP) is 5.43. The minimum Gasteiger partial charge on any atom is -0.494 e. The number of hydrogen-bond donors (Lipinski definition) is 0. The first-order valence-electron chi connectivity index (χ1n) is 11.1. The van der Waals surface area contributed by atoms with Crippen molar-refractivity contribution in [3.05, 3.63) is 42.6 Å². The van der Waals surface area contributed by atoms with E-state index in [4.69, 9.17) is 9.47 Å². The van der Waals surface area contributed by atoms with E-state index in [1.54, 1.807) is 13.1 Å². The molecule has 0 saturated carbocycles. The number of amides is 1. The van der Waals surface area contributed by atoms with E-state index in [9.17, 15) is 4.79 Å². The van der Waals surface area contributed by atoms with Gasteiger partial charge in [-0.15, -0.1) is 0 Å². The van der Waals surface area contributed by atoms with E-state index >= 15 is 0 Å². The van der Waals surface area contributed by atoms with Crippen LogP contribution in [0.25, 0.3) is 10.3 Å². The number of nitrogens with zero attached hydrogens (tertiary/aromatic N) is 3. The van der Waals surface area contributed by atoms with Crippen molar-refractivity contribution in [2.45, 2.75) is 57.5 Å². The fourth-order valence-corrected chi connectivity index (χ4v) is 5.89. The maximum atomic E-state index is 11.8. The Bertz CT molecular complexity index is 1000. The van der Waals surface area contributed by atoms with Crippen LogP contribution in [0.5, 0.6) is 16.7 Å². The topological polar surface area (TPSA) is 64.6 Å². The number of aromatic nitrogens is 2. The summed E-state index contributed by atoms with van der Waals surface area (Å²) in [6.45, 7) is 2.43. The van der Waals surface area contributed by atoms with E-state index in [1.807, 2.05) is 36.4 Å².